The Morgan fingerprint density at radius 2 is 1.52 bits per heavy atom. The van der Waals surface area contributed by atoms with Crippen molar-refractivity contribution in [3.63, 3.8) is 0 Å². The van der Waals surface area contributed by atoms with Crippen molar-refractivity contribution in [1.82, 2.24) is 0 Å². The van der Waals surface area contributed by atoms with Gasteiger partial charge in [-0.15, -0.1) is 0 Å². The second kappa shape index (κ2) is 5.04. The molecule has 0 bridgehead atoms. The highest BCUT2D eigenvalue weighted by Crippen LogP contribution is 2.41. The summed E-state index contributed by atoms with van der Waals surface area (Å²) in [5.74, 6) is 1.20. The number of allylic oxidation sites excluding steroid dienone is 3. The molecule has 0 aromatic heterocycles. The van der Waals surface area contributed by atoms with Crippen molar-refractivity contribution < 1.29 is 0 Å². The summed E-state index contributed by atoms with van der Waals surface area (Å²) in [6.45, 7) is 2.24. The first kappa shape index (κ1) is 12.6. The Labute approximate surface area is 126 Å². The van der Waals surface area contributed by atoms with Crippen molar-refractivity contribution in [3.05, 3.63) is 82.9 Å². The standard InChI is InChI=1S/C21H20/c1-15-14-18(21-9-5-4-7-19(15)21)13-12-17-11-10-16-6-2-3-8-20(16)17/h2-11,14,17-18H,12-13H2,1H3. The molecule has 21 heavy (non-hydrogen) atoms. The molecule has 2 atom stereocenters. The van der Waals surface area contributed by atoms with Gasteiger partial charge in [-0.25, -0.2) is 0 Å². The first-order valence-electron chi connectivity index (χ1n) is 7.88. The first-order valence-corrected chi connectivity index (χ1v) is 7.88. The predicted octanol–water partition coefficient (Wildman–Crippen LogP) is 5.78. The second-order valence-corrected chi connectivity index (χ2v) is 6.22. The maximum absolute atomic E-state index is 2.45. The molecule has 0 amide bonds. The topological polar surface area (TPSA) is 0 Å². The van der Waals surface area contributed by atoms with E-state index >= 15 is 0 Å². The van der Waals surface area contributed by atoms with Crippen LogP contribution >= 0.6 is 0 Å². The van der Waals surface area contributed by atoms with E-state index in [4.69, 9.17) is 0 Å². The lowest BCUT2D eigenvalue weighted by molar-refractivity contribution is 0.642. The molecule has 0 fully saturated rings. The smallest absolute Gasteiger partial charge is 0.00302 e. The van der Waals surface area contributed by atoms with Gasteiger partial charge in [0.2, 0.25) is 0 Å². The molecule has 0 N–H and O–H groups in total. The van der Waals surface area contributed by atoms with Crippen LogP contribution in [-0.2, 0) is 0 Å². The highest BCUT2D eigenvalue weighted by molar-refractivity contribution is 5.73. The zero-order chi connectivity index (χ0) is 14.2. The fourth-order valence-electron chi connectivity index (χ4n) is 3.83. The number of rotatable bonds is 3. The Hall–Kier alpha value is -2.08. The summed E-state index contributed by atoms with van der Waals surface area (Å²) >= 11 is 0. The van der Waals surface area contributed by atoms with Crippen molar-refractivity contribution in [1.29, 1.82) is 0 Å². The average Bonchev–Trinajstić information content (AvgIpc) is 3.08. The highest BCUT2D eigenvalue weighted by Gasteiger charge is 2.23. The molecule has 0 saturated heterocycles. The molecule has 2 aliphatic carbocycles. The van der Waals surface area contributed by atoms with Gasteiger partial charge in [0.05, 0.1) is 0 Å². The van der Waals surface area contributed by atoms with Gasteiger partial charge in [0.1, 0.15) is 0 Å². The van der Waals surface area contributed by atoms with Gasteiger partial charge in [-0.05, 0) is 47.6 Å². The molecular weight excluding hydrogens is 252 g/mol. The zero-order valence-corrected chi connectivity index (χ0v) is 12.4. The molecule has 0 saturated carbocycles. The summed E-state index contributed by atoms with van der Waals surface area (Å²) in [5, 5.41) is 0. The Kier molecular flexibility index (Phi) is 3.03. The third-order valence-corrected chi connectivity index (χ3v) is 4.93. The monoisotopic (exact) mass is 272 g/mol. The summed E-state index contributed by atoms with van der Waals surface area (Å²) in [6, 6.07) is 17.7. The molecule has 4 rings (SSSR count). The summed E-state index contributed by atoms with van der Waals surface area (Å²) < 4.78 is 0. The number of fused-ring (bicyclic) bond motifs is 2. The molecule has 2 unspecified atom stereocenters. The molecule has 0 spiro atoms. The van der Waals surface area contributed by atoms with Crippen LogP contribution < -0.4 is 0 Å². The van der Waals surface area contributed by atoms with Crippen LogP contribution in [0.15, 0.2) is 60.7 Å². The maximum atomic E-state index is 2.45. The Balaban J connectivity index is 1.51. The summed E-state index contributed by atoms with van der Waals surface area (Å²) in [7, 11) is 0. The van der Waals surface area contributed by atoms with Crippen LogP contribution in [0.2, 0.25) is 0 Å². The normalized spacial score (nSPS) is 22.0. The number of hydrogen-bond acceptors (Lipinski definition) is 0. The average molecular weight is 272 g/mol. The van der Waals surface area contributed by atoms with Crippen LogP contribution in [0.1, 0.15) is 53.9 Å². The highest BCUT2D eigenvalue weighted by atomic mass is 14.3. The van der Waals surface area contributed by atoms with Gasteiger partial charge in [-0.1, -0.05) is 66.8 Å². The van der Waals surface area contributed by atoms with Crippen molar-refractivity contribution in [3.8, 4) is 0 Å². The first-order chi connectivity index (χ1) is 10.3. The van der Waals surface area contributed by atoms with Crippen LogP contribution in [0.25, 0.3) is 11.6 Å². The van der Waals surface area contributed by atoms with Gasteiger partial charge >= 0.3 is 0 Å². The van der Waals surface area contributed by atoms with E-state index in [1.54, 1.807) is 0 Å². The largest absolute Gasteiger partial charge is 0.0764 e. The summed E-state index contributed by atoms with van der Waals surface area (Å²) in [5.41, 5.74) is 7.32. The molecule has 0 aliphatic heterocycles. The summed E-state index contributed by atoms with van der Waals surface area (Å²) in [4.78, 5) is 0. The minimum Gasteiger partial charge on any atom is -0.0764 e. The zero-order valence-electron chi connectivity index (χ0n) is 12.4. The molecule has 0 radical (unpaired) electrons. The molecule has 2 aromatic carbocycles. The van der Waals surface area contributed by atoms with Gasteiger partial charge < -0.3 is 0 Å². The van der Waals surface area contributed by atoms with E-state index in [2.05, 4.69) is 73.7 Å². The van der Waals surface area contributed by atoms with Gasteiger partial charge in [0.25, 0.3) is 0 Å². The molecule has 2 aliphatic rings. The third-order valence-electron chi connectivity index (χ3n) is 4.93. The van der Waals surface area contributed by atoms with E-state index in [0.29, 0.717) is 11.8 Å². The van der Waals surface area contributed by atoms with Crippen LogP contribution in [-0.4, -0.2) is 0 Å². The maximum Gasteiger partial charge on any atom is 0.00302 e. The minimum absolute atomic E-state index is 0.599. The molecule has 2 aromatic rings. The lowest BCUT2D eigenvalue weighted by Gasteiger charge is -2.15. The molecule has 0 heteroatoms. The fourth-order valence-corrected chi connectivity index (χ4v) is 3.83. The Morgan fingerprint density at radius 3 is 2.43 bits per heavy atom. The van der Waals surface area contributed by atoms with E-state index in [1.807, 2.05) is 0 Å². The van der Waals surface area contributed by atoms with Gasteiger partial charge in [-0.2, -0.15) is 0 Å². The fraction of sp³-hybridized carbons (Fsp3) is 0.238. The quantitative estimate of drug-likeness (QED) is 0.664. The van der Waals surface area contributed by atoms with E-state index in [1.165, 1.54) is 40.7 Å². The second-order valence-electron chi connectivity index (χ2n) is 6.22. The molecular formula is C21H20. The van der Waals surface area contributed by atoms with Gasteiger partial charge in [-0.3, -0.25) is 0 Å². The van der Waals surface area contributed by atoms with Crippen molar-refractivity contribution in [2.75, 3.05) is 0 Å². The Morgan fingerprint density at radius 1 is 0.810 bits per heavy atom. The van der Waals surface area contributed by atoms with Gasteiger partial charge in [0, 0.05) is 11.8 Å². The Bertz CT molecular complexity index is 733. The molecule has 104 valence electrons. The number of hydrogen-bond donors (Lipinski definition) is 0. The van der Waals surface area contributed by atoms with E-state index in [0.717, 1.165) is 0 Å². The van der Waals surface area contributed by atoms with Crippen LogP contribution in [0.5, 0.6) is 0 Å². The minimum atomic E-state index is 0.599. The van der Waals surface area contributed by atoms with E-state index < -0.39 is 0 Å². The van der Waals surface area contributed by atoms with Crippen molar-refractivity contribution >= 4 is 11.6 Å². The van der Waals surface area contributed by atoms with Crippen LogP contribution in [0, 0.1) is 0 Å². The van der Waals surface area contributed by atoms with E-state index in [9.17, 15) is 0 Å². The van der Waals surface area contributed by atoms with Gasteiger partial charge in [0.15, 0.2) is 0 Å². The summed E-state index contributed by atoms with van der Waals surface area (Å²) in [6.07, 6.45) is 9.58. The molecule has 0 heterocycles. The number of benzene rings is 2. The van der Waals surface area contributed by atoms with Crippen molar-refractivity contribution in [2.24, 2.45) is 0 Å². The van der Waals surface area contributed by atoms with E-state index in [-0.39, 0.29) is 0 Å². The third kappa shape index (κ3) is 2.15. The lowest BCUT2D eigenvalue weighted by Crippen LogP contribution is -1.98. The van der Waals surface area contributed by atoms with Crippen molar-refractivity contribution in [2.45, 2.75) is 31.6 Å². The lowest BCUT2D eigenvalue weighted by atomic mass is 9.89. The molecule has 0 nitrogen and oxygen atoms in total. The SMILES string of the molecule is CC1=CC(CCC2C=Cc3ccccc32)c2ccccc21. The van der Waals surface area contributed by atoms with Crippen LogP contribution in [0.3, 0.4) is 0 Å². The predicted molar refractivity (Wildman–Crippen MR) is 90.3 cm³/mol. The van der Waals surface area contributed by atoms with Crippen LogP contribution in [0.4, 0.5) is 0 Å².